The number of carboxylic acids is 1. The van der Waals surface area contributed by atoms with Gasteiger partial charge in [0.1, 0.15) is 0 Å². The summed E-state index contributed by atoms with van der Waals surface area (Å²) in [4.78, 5) is 21.7. The Bertz CT molecular complexity index is 736. The minimum Gasteiger partial charge on any atom is -0.479 e. The predicted molar refractivity (Wildman–Crippen MR) is 87.6 cm³/mol. The maximum Gasteiger partial charge on any atom is 0.341 e. The van der Waals surface area contributed by atoms with E-state index < -0.39 is 12.6 Å². The first kappa shape index (κ1) is 16.2. The zero-order valence-corrected chi connectivity index (χ0v) is 13.4. The molecule has 7 heteroatoms. The largest absolute Gasteiger partial charge is 0.479 e. The van der Waals surface area contributed by atoms with Gasteiger partial charge in [0.25, 0.3) is 0 Å². The summed E-state index contributed by atoms with van der Waals surface area (Å²) in [6.45, 7) is 0.653. The maximum atomic E-state index is 10.7. The van der Waals surface area contributed by atoms with Gasteiger partial charge in [0.2, 0.25) is 11.8 Å². The van der Waals surface area contributed by atoms with E-state index >= 15 is 0 Å². The Kier molecular flexibility index (Phi) is 4.90. The van der Waals surface area contributed by atoms with Crippen molar-refractivity contribution in [1.29, 1.82) is 0 Å². The molecule has 0 spiro atoms. The Hall–Kier alpha value is -2.67. The number of fused-ring (bicyclic) bond motifs is 1. The van der Waals surface area contributed by atoms with Gasteiger partial charge in [-0.2, -0.15) is 4.98 Å². The van der Waals surface area contributed by atoms with Crippen LogP contribution < -0.4 is 9.64 Å². The summed E-state index contributed by atoms with van der Waals surface area (Å²) in [7, 11) is 1.58. The molecule has 0 amide bonds. The van der Waals surface area contributed by atoms with Crippen molar-refractivity contribution >= 4 is 17.6 Å². The summed E-state index contributed by atoms with van der Waals surface area (Å²) in [5, 5.41) is 8.79. The van der Waals surface area contributed by atoms with Gasteiger partial charge in [-0.15, -0.1) is 0 Å². The van der Waals surface area contributed by atoms with Gasteiger partial charge in [-0.3, -0.25) is 0 Å². The number of aryl methyl sites for hydroxylation is 1. The lowest BCUT2D eigenvalue weighted by atomic mass is 10.0. The van der Waals surface area contributed by atoms with Gasteiger partial charge in [0.05, 0.1) is 12.3 Å². The molecular formula is C17H19N3O4. The second kappa shape index (κ2) is 7.27. The van der Waals surface area contributed by atoms with Crippen molar-refractivity contribution in [2.75, 3.05) is 25.2 Å². The topological polar surface area (TPSA) is 84.8 Å². The van der Waals surface area contributed by atoms with Crippen LogP contribution in [0.3, 0.4) is 0 Å². The van der Waals surface area contributed by atoms with Crippen LogP contribution in [0.15, 0.2) is 30.3 Å². The van der Waals surface area contributed by atoms with Crippen LogP contribution in [0.2, 0.25) is 0 Å². The molecule has 24 heavy (non-hydrogen) atoms. The molecule has 2 aromatic rings. The number of carboxylic acid groups (broad SMARTS) is 1. The van der Waals surface area contributed by atoms with Gasteiger partial charge in [-0.1, -0.05) is 18.2 Å². The van der Waals surface area contributed by atoms with Crippen LogP contribution in [0.1, 0.15) is 17.7 Å². The Morgan fingerprint density at radius 1 is 1.33 bits per heavy atom. The average Bonchev–Trinajstić information content (AvgIpc) is 2.59. The fraction of sp³-hybridized carbons (Fsp3) is 0.353. The Labute approximate surface area is 139 Å². The van der Waals surface area contributed by atoms with Crippen LogP contribution in [0.25, 0.3) is 0 Å². The lowest BCUT2D eigenvalue weighted by Gasteiger charge is -2.29. The van der Waals surface area contributed by atoms with Gasteiger partial charge in [-0.05, 0) is 24.5 Å². The molecule has 1 aliphatic rings. The molecule has 0 bridgehead atoms. The fourth-order valence-electron chi connectivity index (χ4n) is 2.75. The van der Waals surface area contributed by atoms with E-state index in [9.17, 15) is 4.79 Å². The van der Waals surface area contributed by atoms with Crippen molar-refractivity contribution in [3.63, 3.8) is 0 Å². The number of ether oxygens (including phenoxy) is 2. The number of rotatable bonds is 6. The normalized spacial score (nSPS) is 13.5. The molecule has 3 rings (SSSR count). The van der Waals surface area contributed by atoms with Crippen LogP contribution in [-0.2, 0) is 22.6 Å². The van der Waals surface area contributed by atoms with E-state index in [-0.39, 0.29) is 5.88 Å². The summed E-state index contributed by atoms with van der Waals surface area (Å²) in [5.41, 5.74) is 2.96. The third-order valence-electron chi connectivity index (χ3n) is 3.73. The van der Waals surface area contributed by atoms with E-state index in [2.05, 4.69) is 16.0 Å². The van der Waals surface area contributed by atoms with E-state index in [0.717, 1.165) is 25.1 Å². The first-order valence-corrected chi connectivity index (χ1v) is 7.74. The number of methoxy groups -OCH3 is 1. The lowest BCUT2D eigenvalue weighted by Crippen LogP contribution is -2.26. The zero-order chi connectivity index (χ0) is 16.9. The quantitative estimate of drug-likeness (QED) is 0.869. The fourth-order valence-corrected chi connectivity index (χ4v) is 2.75. The minimum atomic E-state index is -1.05. The molecular weight excluding hydrogens is 310 g/mol. The van der Waals surface area contributed by atoms with Crippen molar-refractivity contribution in [3.05, 3.63) is 41.6 Å². The van der Waals surface area contributed by atoms with Gasteiger partial charge >= 0.3 is 5.97 Å². The predicted octanol–water partition coefficient (Wildman–Crippen LogP) is 2.17. The van der Waals surface area contributed by atoms with E-state index in [0.29, 0.717) is 18.2 Å². The number of carbonyl (C=O) groups is 1. The zero-order valence-electron chi connectivity index (χ0n) is 13.4. The monoisotopic (exact) mass is 329 g/mol. The highest BCUT2D eigenvalue weighted by Gasteiger charge is 2.21. The molecule has 0 fully saturated rings. The molecule has 1 aromatic carbocycles. The van der Waals surface area contributed by atoms with Crippen LogP contribution in [0.4, 0.5) is 11.6 Å². The molecule has 1 aromatic heterocycles. The highest BCUT2D eigenvalue weighted by Crippen LogP contribution is 2.32. The third-order valence-corrected chi connectivity index (χ3v) is 3.73. The standard InChI is InChI=1S/C17H19N3O4/c1-23-10-13-9-15(24-11-16(21)22)19-17(18-13)20-8-4-6-12-5-2-3-7-14(12)20/h2-3,5,7,9H,4,6,8,10-11H2,1H3,(H,21,22). The summed E-state index contributed by atoms with van der Waals surface area (Å²) < 4.78 is 10.4. The Morgan fingerprint density at radius 2 is 2.17 bits per heavy atom. The molecule has 0 saturated heterocycles. The van der Waals surface area contributed by atoms with Crippen LogP contribution in [0, 0.1) is 0 Å². The molecule has 2 heterocycles. The molecule has 7 nitrogen and oxygen atoms in total. The third kappa shape index (κ3) is 3.62. The molecule has 1 aliphatic heterocycles. The molecule has 0 unspecified atom stereocenters. The van der Waals surface area contributed by atoms with Gasteiger partial charge in [0, 0.05) is 25.4 Å². The molecule has 0 radical (unpaired) electrons. The number of hydrogen-bond acceptors (Lipinski definition) is 6. The van der Waals surface area contributed by atoms with E-state index in [4.69, 9.17) is 14.6 Å². The highest BCUT2D eigenvalue weighted by molar-refractivity contribution is 5.68. The van der Waals surface area contributed by atoms with Gasteiger partial charge < -0.3 is 19.5 Å². The molecule has 0 atom stereocenters. The van der Waals surface area contributed by atoms with Crippen LogP contribution in [0.5, 0.6) is 5.88 Å². The summed E-state index contributed by atoms with van der Waals surface area (Å²) >= 11 is 0. The van der Waals surface area contributed by atoms with Crippen molar-refractivity contribution in [3.8, 4) is 5.88 Å². The first-order valence-electron chi connectivity index (χ1n) is 7.74. The van der Waals surface area contributed by atoms with Crippen LogP contribution >= 0.6 is 0 Å². The summed E-state index contributed by atoms with van der Waals surface area (Å²) in [6.07, 6.45) is 2.02. The lowest BCUT2D eigenvalue weighted by molar-refractivity contribution is -0.139. The van der Waals surface area contributed by atoms with E-state index in [1.54, 1.807) is 13.2 Å². The minimum absolute atomic E-state index is 0.234. The molecule has 0 aliphatic carbocycles. The molecule has 126 valence electrons. The summed E-state index contributed by atoms with van der Waals surface area (Å²) in [5.74, 6) is -0.318. The number of benzene rings is 1. The highest BCUT2D eigenvalue weighted by atomic mass is 16.5. The second-order valence-electron chi connectivity index (χ2n) is 5.50. The number of anilines is 2. The number of nitrogens with zero attached hydrogens (tertiary/aromatic N) is 3. The van der Waals surface area contributed by atoms with Crippen molar-refractivity contribution in [2.45, 2.75) is 19.4 Å². The number of aromatic nitrogens is 2. The number of para-hydroxylation sites is 1. The summed E-state index contributed by atoms with van der Waals surface area (Å²) in [6, 6.07) is 9.75. The Morgan fingerprint density at radius 3 is 2.96 bits per heavy atom. The molecule has 1 N–H and O–H groups in total. The van der Waals surface area contributed by atoms with Crippen molar-refractivity contribution in [2.24, 2.45) is 0 Å². The molecule has 0 saturated carbocycles. The number of aliphatic carboxylic acids is 1. The SMILES string of the molecule is COCc1cc(OCC(=O)O)nc(N2CCCc3ccccc32)n1. The second-order valence-corrected chi connectivity index (χ2v) is 5.50. The smallest absolute Gasteiger partial charge is 0.341 e. The van der Waals surface area contributed by atoms with Crippen molar-refractivity contribution < 1.29 is 19.4 Å². The van der Waals surface area contributed by atoms with Crippen LogP contribution in [-0.4, -0.2) is 41.3 Å². The maximum absolute atomic E-state index is 10.7. The van der Waals surface area contributed by atoms with E-state index in [1.807, 2.05) is 23.1 Å². The Balaban J connectivity index is 1.96. The first-order chi connectivity index (χ1) is 11.7. The number of hydrogen-bond donors (Lipinski definition) is 1. The van der Waals surface area contributed by atoms with Crippen molar-refractivity contribution in [1.82, 2.24) is 9.97 Å². The van der Waals surface area contributed by atoms with Gasteiger partial charge in [-0.25, -0.2) is 9.78 Å². The van der Waals surface area contributed by atoms with Gasteiger partial charge in [0.15, 0.2) is 6.61 Å². The van der Waals surface area contributed by atoms with E-state index in [1.165, 1.54) is 5.56 Å². The average molecular weight is 329 g/mol.